The number of nitrogens with zero attached hydrogens (tertiary/aromatic N) is 1. The number of anilines is 1. The van der Waals surface area contributed by atoms with Gasteiger partial charge in [-0.1, -0.05) is 19.1 Å². The average molecular weight is 406 g/mol. The quantitative estimate of drug-likeness (QED) is 0.337. The van der Waals surface area contributed by atoms with Crippen molar-refractivity contribution in [2.24, 2.45) is 5.10 Å². The highest BCUT2D eigenvalue weighted by atomic mass is 19.1. The van der Waals surface area contributed by atoms with E-state index in [9.17, 15) is 9.18 Å². The number of aryl methyl sites for hydroxylation is 2. The largest absolute Gasteiger partial charge is 0.453 e. The van der Waals surface area contributed by atoms with Crippen molar-refractivity contribution in [2.75, 3.05) is 5.43 Å². The molecule has 0 bridgehead atoms. The van der Waals surface area contributed by atoms with Gasteiger partial charge < -0.3 is 9.15 Å². The van der Waals surface area contributed by atoms with Crippen molar-refractivity contribution >= 4 is 17.4 Å². The first-order chi connectivity index (χ1) is 14.5. The Hall–Kier alpha value is -3.41. The second-order valence-corrected chi connectivity index (χ2v) is 7.27. The number of fused-ring (bicyclic) bond motifs is 1. The Morgan fingerprint density at radius 2 is 1.87 bits per heavy atom. The zero-order valence-corrected chi connectivity index (χ0v) is 17.0. The molecule has 0 saturated carbocycles. The van der Waals surface area contributed by atoms with Crippen LogP contribution in [0.1, 0.15) is 52.8 Å². The molecule has 30 heavy (non-hydrogen) atoms. The molecule has 1 N–H and O–H groups in total. The van der Waals surface area contributed by atoms with Gasteiger partial charge in [0.05, 0.1) is 11.4 Å². The van der Waals surface area contributed by atoms with E-state index >= 15 is 0 Å². The van der Waals surface area contributed by atoms with Crippen LogP contribution in [0.15, 0.2) is 58.0 Å². The van der Waals surface area contributed by atoms with E-state index in [1.54, 1.807) is 24.3 Å². The van der Waals surface area contributed by atoms with Crippen molar-refractivity contribution < 1.29 is 18.3 Å². The predicted molar refractivity (Wildman–Crippen MR) is 114 cm³/mol. The third-order valence-electron chi connectivity index (χ3n) is 5.22. The van der Waals surface area contributed by atoms with Crippen molar-refractivity contribution in [2.45, 2.75) is 39.5 Å². The average Bonchev–Trinajstić information content (AvgIpc) is 3.11. The molecular weight excluding hydrogens is 383 g/mol. The van der Waals surface area contributed by atoms with Gasteiger partial charge in [-0.05, 0) is 68.1 Å². The molecule has 6 heteroatoms. The zero-order chi connectivity index (χ0) is 21.1. The Labute approximate surface area is 174 Å². The van der Waals surface area contributed by atoms with Gasteiger partial charge in [-0.2, -0.15) is 5.10 Å². The highest BCUT2D eigenvalue weighted by Crippen LogP contribution is 2.31. The number of hydrazone groups is 1. The highest BCUT2D eigenvalue weighted by molar-refractivity contribution is 6.06. The number of rotatable bonds is 5. The van der Waals surface area contributed by atoms with Crippen LogP contribution in [0.3, 0.4) is 0 Å². The summed E-state index contributed by atoms with van der Waals surface area (Å²) < 4.78 is 24.5. The molecule has 0 atom stereocenters. The topological polar surface area (TPSA) is 63.8 Å². The van der Waals surface area contributed by atoms with Crippen LogP contribution in [0.2, 0.25) is 0 Å². The van der Waals surface area contributed by atoms with Crippen LogP contribution in [-0.4, -0.2) is 11.7 Å². The van der Waals surface area contributed by atoms with Gasteiger partial charge in [0.2, 0.25) is 5.76 Å². The zero-order valence-electron chi connectivity index (χ0n) is 17.0. The molecule has 154 valence electrons. The molecule has 1 aliphatic rings. The van der Waals surface area contributed by atoms with Gasteiger partial charge in [-0.25, -0.2) is 9.18 Å². The molecule has 3 aromatic rings. The van der Waals surface area contributed by atoms with Crippen LogP contribution in [0.25, 0.3) is 0 Å². The minimum Gasteiger partial charge on any atom is -0.453 e. The maximum atomic E-state index is 13.1. The normalized spacial score (nSPS) is 14.4. The molecule has 0 unspecified atom stereocenters. The number of hydrogen-bond acceptors (Lipinski definition) is 5. The summed E-state index contributed by atoms with van der Waals surface area (Å²) >= 11 is 0. The van der Waals surface area contributed by atoms with Crippen LogP contribution in [0.4, 0.5) is 10.1 Å². The van der Waals surface area contributed by atoms with E-state index in [-0.39, 0.29) is 11.6 Å². The first-order valence-electron chi connectivity index (χ1n) is 10.1. The van der Waals surface area contributed by atoms with Crippen LogP contribution < -0.4 is 10.2 Å². The molecule has 0 aliphatic heterocycles. The summed E-state index contributed by atoms with van der Waals surface area (Å²) in [6, 6.07) is 13.4. The van der Waals surface area contributed by atoms with E-state index in [1.807, 2.05) is 19.1 Å². The van der Waals surface area contributed by atoms with Gasteiger partial charge >= 0.3 is 5.97 Å². The summed E-state index contributed by atoms with van der Waals surface area (Å²) in [4.78, 5) is 12.7. The lowest BCUT2D eigenvalue weighted by Gasteiger charge is -2.13. The molecule has 5 nitrogen and oxygen atoms in total. The second-order valence-electron chi connectivity index (χ2n) is 7.27. The summed E-state index contributed by atoms with van der Waals surface area (Å²) in [5, 5.41) is 4.49. The number of benzene rings is 2. The van der Waals surface area contributed by atoms with Gasteiger partial charge in [0.25, 0.3) is 0 Å². The van der Waals surface area contributed by atoms with E-state index in [4.69, 9.17) is 9.15 Å². The number of esters is 1. The Bertz CT molecular complexity index is 1080. The lowest BCUT2D eigenvalue weighted by atomic mass is 9.93. The molecule has 2 aromatic carbocycles. The fraction of sp³-hybridized carbons (Fsp3) is 0.250. The number of furan rings is 1. The summed E-state index contributed by atoms with van der Waals surface area (Å²) in [6.45, 7) is 3.92. The van der Waals surface area contributed by atoms with E-state index < -0.39 is 5.97 Å². The Kier molecular flexibility index (Phi) is 5.65. The number of hydrogen-bond donors (Lipinski definition) is 1. The maximum absolute atomic E-state index is 13.1. The van der Waals surface area contributed by atoms with E-state index in [0.29, 0.717) is 11.4 Å². The molecule has 0 spiro atoms. The lowest BCUT2D eigenvalue weighted by molar-refractivity contribution is 0.0698. The lowest BCUT2D eigenvalue weighted by Crippen LogP contribution is -2.13. The Morgan fingerprint density at radius 3 is 2.57 bits per heavy atom. The second kappa shape index (κ2) is 8.53. The Morgan fingerprint density at radius 1 is 1.13 bits per heavy atom. The molecule has 0 amide bonds. The molecule has 0 radical (unpaired) electrons. The van der Waals surface area contributed by atoms with Crippen molar-refractivity contribution in [3.63, 3.8) is 0 Å². The number of carbonyl (C=O) groups is 1. The van der Waals surface area contributed by atoms with Crippen LogP contribution in [-0.2, 0) is 12.8 Å². The molecular formula is C24H23FN2O3. The molecule has 0 saturated heterocycles. The first-order valence-corrected chi connectivity index (χ1v) is 10.1. The van der Waals surface area contributed by atoms with E-state index in [1.165, 1.54) is 17.7 Å². The smallest absolute Gasteiger partial charge is 0.379 e. The van der Waals surface area contributed by atoms with Crippen LogP contribution in [0.5, 0.6) is 5.75 Å². The summed E-state index contributed by atoms with van der Waals surface area (Å²) in [7, 11) is 0. The van der Waals surface area contributed by atoms with E-state index in [2.05, 4.69) is 17.5 Å². The van der Waals surface area contributed by atoms with Gasteiger partial charge in [-0.3, -0.25) is 5.43 Å². The molecule has 1 heterocycles. The van der Waals surface area contributed by atoms with Gasteiger partial charge in [0.1, 0.15) is 17.3 Å². The van der Waals surface area contributed by atoms with Crippen molar-refractivity contribution in [1.29, 1.82) is 0 Å². The summed E-state index contributed by atoms with van der Waals surface area (Å²) in [5.41, 5.74) is 7.21. The fourth-order valence-corrected chi connectivity index (χ4v) is 3.58. The SMILES string of the molecule is CCc1ccc(OC(=O)c2oc3c(c2C)/C(=N/Nc2ccc(F)cc2)CCC3)cc1. The summed E-state index contributed by atoms with van der Waals surface area (Å²) in [5.74, 6) is 0.615. The summed E-state index contributed by atoms with van der Waals surface area (Å²) in [6.07, 6.45) is 3.29. The third kappa shape index (κ3) is 4.13. The standard InChI is InChI=1S/C24H23FN2O3/c1-3-16-7-13-19(14-8-16)29-24(28)23-15(2)22-20(5-4-6-21(22)30-23)27-26-18-11-9-17(25)10-12-18/h7-14,26H,3-6H2,1-2H3/b27-20+. The van der Waals surface area contributed by atoms with Crippen LogP contribution in [0, 0.1) is 12.7 Å². The first kappa shape index (κ1) is 19.9. The van der Waals surface area contributed by atoms with Gasteiger partial charge in [-0.15, -0.1) is 0 Å². The molecule has 0 fully saturated rings. The predicted octanol–water partition coefficient (Wildman–Crippen LogP) is 5.66. The minimum atomic E-state index is -0.517. The number of ether oxygens (including phenoxy) is 1. The monoisotopic (exact) mass is 406 g/mol. The Balaban J connectivity index is 1.56. The number of nitrogens with one attached hydrogen (secondary N) is 1. The highest BCUT2D eigenvalue weighted by Gasteiger charge is 2.29. The van der Waals surface area contributed by atoms with Crippen molar-refractivity contribution in [3.05, 3.63) is 82.6 Å². The molecule has 1 aliphatic carbocycles. The van der Waals surface area contributed by atoms with Gasteiger partial charge in [0.15, 0.2) is 0 Å². The maximum Gasteiger partial charge on any atom is 0.379 e. The minimum absolute atomic E-state index is 0.205. The fourth-order valence-electron chi connectivity index (χ4n) is 3.58. The third-order valence-corrected chi connectivity index (χ3v) is 5.22. The molecule has 1 aromatic heterocycles. The van der Waals surface area contributed by atoms with Gasteiger partial charge in [0, 0.05) is 17.5 Å². The van der Waals surface area contributed by atoms with Crippen LogP contribution >= 0.6 is 0 Å². The number of halogens is 1. The molecule has 4 rings (SSSR count). The van der Waals surface area contributed by atoms with Crippen molar-refractivity contribution in [1.82, 2.24) is 0 Å². The number of carbonyl (C=O) groups excluding carboxylic acids is 1. The van der Waals surface area contributed by atoms with E-state index in [0.717, 1.165) is 48.3 Å². The van der Waals surface area contributed by atoms with Crippen molar-refractivity contribution in [3.8, 4) is 5.75 Å².